The van der Waals surface area contributed by atoms with Crippen LogP contribution < -0.4 is 0 Å². The summed E-state index contributed by atoms with van der Waals surface area (Å²) >= 11 is 0. The Hall–Kier alpha value is -1.12. The third-order valence-electron chi connectivity index (χ3n) is 2.70. The van der Waals surface area contributed by atoms with Crippen molar-refractivity contribution >= 4 is 11.8 Å². The maximum absolute atomic E-state index is 11.7. The van der Waals surface area contributed by atoms with Gasteiger partial charge in [-0.3, -0.25) is 9.59 Å². The molecule has 3 heteroatoms. The van der Waals surface area contributed by atoms with E-state index in [1.54, 1.807) is 0 Å². The van der Waals surface area contributed by atoms with Gasteiger partial charge in [0.05, 0.1) is 6.42 Å². The highest BCUT2D eigenvalue weighted by Gasteiger charge is 2.30. The molecule has 1 unspecified atom stereocenters. The van der Waals surface area contributed by atoms with Crippen molar-refractivity contribution < 1.29 is 14.7 Å². The molecule has 1 aliphatic carbocycles. The lowest BCUT2D eigenvalue weighted by Gasteiger charge is -2.05. The van der Waals surface area contributed by atoms with Crippen LogP contribution in [0.5, 0.6) is 0 Å². The molecule has 1 N–H and O–H groups in total. The molecule has 1 atom stereocenters. The zero-order valence-corrected chi connectivity index (χ0v) is 8.67. The van der Waals surface area contributed by atoms with Crippen molar-refractivity contribution in [1.29, 1.82) is 0 Å². The summed E-state index contributed by atoms with van der Waals surface area (Å²) in [5, 5.41) is 8.64. The molecular formula is C11H16O3. The molecule has 1 aliphatic rings. The van der Waals surface area contributed by atoms with Gasteiger partial charge in [0.15, 0.2) is 5.78 Å². The molecule has 78 valence electrons. The summed E-state index contributed by atoms with van der Waals surface area (Å²) < 4.78 is 0. The zero-order valence-electron chi connectivity index (χ0n) is 8.67. The van der Waals surface area contributed by atoms with Crippen LogP contribution >= 0.6 is 0 Å². The quantitative estimate of drug-likeness (QED) is 0.749. The van der Waals surface area contributed by atoms with Crippen LogP contribution in [0.4, 0.5) is 0 Å². The molecule has 0 saturated carbocycles. The lowest BCUT2D eigenvalue weighted by molar-refractivity contribution is -0.137. The first kappa shape index (κ1) is 11.0. The van der Waals surface area contributed by atoms with Gasteiger partial charge in [-0.05, 0) is 19.8 Å². The number of hydrogen-bond donors (Lipinski definition) is 1. The predicted octanol–water partition coefficient (Wildman–Crippen LogP) is 2.17. The van der Waals surface area contributed by atoms with Gasteiger partial charge in [-0.15, -0.1) is 0 Å². The minimum Gasteiger partial charge on any atom is -0.481 e. The Balaban J connectivity index is 2.71. The molecule has 0 aromatic carbocycles. The molecular weight excluding hydrogens is 180 g/mol. The molecule has 0 spiro atoms. The van der Waals surface area contributed by atoms with Crippen molar-refractivity contribution in [1.82, 2.24) is 0 Å². The van der Waals surface area contributed by atoms with Crippen molar-refractivity contribution in [3.05, 3.63) is 11.1 Å². The first-order valence-corrected chi connectivity index (χ1v) is 5.00. The molecule has 0 bridgehead atoms. The van der Waals surface area contributed by atoms with E-state index in [0.717, 1.165) is 24.8 Å². The number of Topliss-reactive ketones (excluding diaryl/α,β-unsaturated/α-hetero) is 1. The highest BCUT2D eigenvalue weighted by atomic mass is 16.4. The summed E-state index contributed by atoms with van der Waals surface area (Å²) in [6, 6.07) is 0. The van der Waals surface area contributed by atoms with Gasteiger partial charge in [0.1, 0.15) is 0 Å². The second-order valence-corrected chi connectivity index (χ2v) is 3.88. The number of allylic oxidation sites excluding steroid dienone is 1. The average Bonchev–Trinajstić information content (AvgIpc) is 2.33. The first-order valence-electron chi connectivity index (χ1n) is 5.00. The SMILES string of the molecule is CCCC1CC(C)=C(CC(=O)O)C1=O. The Labute approximate surface area is 83.8 Å². The number of aliphatic carboxylic acids is 1. The molecule has 3 nitrogen and oxygen atoms in total. The van der Waals surface area contributed by atoms with Crippen LogP contribution in [0.1, 0.15) is 39.5 Å². The molecule has 1 rings (SSSR count). The summed E-state index contributed by atoms with van der Waals surface area (Å²) in [6.07, 6.45) is 2.50. The summed E-state index contributed by atoms with van der Waals surface area (Å²) in [7, 11) is 0. The second-order valence-electron chi connectivity index (χ2n) is 3.88. The van der Waals surface area contributed by atoms with Gasteiger partial charge in [-0.1, -0.05) is 18.9 Å². The van der Waals surface area contributed by atoms with Gasteiger partial charge in [0.2, 0.25) is 0 Å². The van der Waals surface area contributed by atoms with Crippen LogP contribution in [-0.2, 0) is 9.59 Å². The molecule has 0 aliphatic heterocycles. The van der Waals surface area contributed by atoms with E-state index < -0.39 is 5.97 Å². The first-order chi connectivity index (χ1) is 6.56. The second kappa shape index (κ2) is 4.40. The third kappa shape index (κ3) is 2.22. The Morgan fingerprint density at radius 3 is 2.71 bits per heavy atom. The highest BCUT2D eigenvalue weighted by molar-refractivity contribution is 6.03. The predicted molar refractivity (Wildman–Crippen MR) is 53.0 cm³/mol. The summed E-state index contributed by atoms with van der Waals surface area (Å²) in [5.41, 5.74) is 1.51. The van der Waals surface area contributed by atoms with Crippen molar-refractivity contribution in [2.24, 2.45) is 5.92 Å². The van der Waals surface area contributed by atoms with E-state index in [1.165, 1.54) is 0 Å². The van der Waals surface area contributed by atoms with Crippen molar-refractivity contribution in [2.45, 2.75) is 39.5 Å². The third-order valence-corrected chi connectivity index (χ3v) is 2.70. The van der Waals surface area contributed by atoms with Gasteiger partial charge in [0, 0.05) is 11.5 Å². The number of hydrogen-bond acceptors (Lipinski definition) is 2. The summed E-state index contributed by atoms with van der Waals surface area (Å²) in [5.74, 6) is -0.800. The maximum atomic E-state index is 11.7. The molecule has 0 saturated heterocycles. The van der Waals surface area contributed by atoms with E-state index in [1.807, 2.05) is 13.8 Å². The molecule has 14 heavy (non-hydrogen) atoms. The van der Waals surface area contributed by atoms with Crippen LogP contribution in [0.15, 0.2) is 11.1 Å². The van der Waals surface area contributed by atoms with E-state index in [2.05, 4.69) is 0 Å². The van der Waals surface area contributed by atoms with Crippen LogP contribution in [0.3, 0.4) is 0 Å². The van der Waals surface area contributed by atoms with Crippen molar-refractivity contribution in [3.8, 4) is 0 Å². The smallest absolute Gasteiger partial charge is 0.307 e. The molecule has 0 heterocycles. The van der Waals surface area contributed by atoms with Crippen LogP contribution in [-0.4, -0.2) is 16.9 Å². The van der Waals surface area contributed by atoms with E-state index in [0.29, 0.717) is 5.57 Å². The Morgan fingerprint density at radius 1 is 1.57 bits per heavy atom. The molecule has 0 amide bonds. The van der Waals surface area contributed by atoms with Gasteiger partial charge in [-0.2, -0.15) is 0 Å². The van der Waals surface area contributed by atoms with Crippen molar-refractivity contribution in [2.75, 3.05) is 0 Å². The topological polar surface area (TPSA) is 54.4 Å². The minimum atomic E-state index is -0.912. The fourth-order valence-electron chi connectivity index (χ4n) is 2.01. The highest BCUT2D eigenvalue weighted by Crippen LogP contribution is 2.32. The van der Waals surface area contributed by atoms with Crippen LogP contribution in [0.2, 0.25) is 0 Å². The number of carbonyl (C=O) groups excluding carboxylic acids is 1. The Bertz CT molecular complexity index is 289. The normalized spacial score (nSPS) is 21.9. The monoisotopic (exact) mass is 196 g/mol. The van der Waals surface area contributed by atoms with Gasteiger partial charge in [-0.25, -0.2) is 0 Å². The van der Waals surface area contributed by atoms with Gasteiger partial charge >= 0.3 is 5.97 Å². The Kier molecular flexibility index (Phi) is 3.44. The number of carboxylic acid groups (broad SMARTS) is 1. The lowest BCUT2D eigenvalue weighted by Crippen LogP contribution is -2.12. The van der Waals surface area contributed by atoms with Crippen molar-refractivity contribution in [3.63, 3.8) is 0 Å². The zero-order chi connectivity index (χ0) is 10.7. The molecule has 0 aromatic heterocycles. The largest absolute Gasteiger partial charge is 0.481 e. The Morgan fingerprint density at radius 2 is 2.21 bits per heavy atom. The lowest BCUT2D eigenvalue weighted by atomic mass is 9.97. The fourth-order valence-corrected chi connectivity index (χ4v) is 2.01. The molecule has 0 radical (unpaired) electrons. The summed E-state index contributed by atoms with van der Waals surface area (Å²) in [4.78, 5) is 22.2. The van der Waals surface area contributed by atoms with E-state index >= 15 is 0 Å². The van der Waals surface area contributed by atoms with Crippen LogP contribution in [0, 0.1) is 5.92 Å². The number of ketones is 1. The maximum Gasteiger partial charge on any atom is 0.307 e. The number of carboxylic acids is 1. The standard InChI is InChI=1S/C11H16O3/c1-3-4-8-5-7(2)9(11(8)14)6-10(12)13/h8H,3-6H2,1-2H3,(H,12,13). The number of rotatable bonds is 4. The molecule has 0 aromatic rings. The minimum absolute atomic E-state index is 0.0503. The number of carbonyl (C=O) groups is 2. The van der Waals surface area contributed by atoms with Crippen LogP contribution in [0.25, 0.3) is 0 Å². The van der Waals surface area contributed by atoms with E-state index in [4.69, 9.17) is 5.11 Å². The summed E-state index contributed by atoms with van der Waals surface area (Å²) in [6.45, 7) is 3.91. The van der Waals surface area contributed by atoms with E-state index in [9.17, 15) is 9.59 Å². The molecule has 0 fully saturated rings. The average molecular weight is 196 g/mol. The fraction of sp³-hybridized carbons (Fsp3) is 0.636. The van der Waals surface area contributed by atoms with E-state index in [-0.39, 0.29) is 18.1 Å². The van der Waals surface area contributed by atoms with Gasteiger partial charge in [0.25, 0.3) is 0 Å². The van der Waals surface area contributed by atoms with Gasteiger partial charge < -0.3 is 5.11 Å².